The summed E-state index contributed by atoms with van der Waals surface area (Å²) in [5.74, 6) is 1.36. The number of imidazole rings is 1. The van der Waals surface area contributed by atoms with Crippen molar-refractivity contribution in [1.82, 2.24) is 19.6 Å². The van der Waals surface area contributed by atoms with E-state index in [-0.39, 0.29) is 11.9 Å². The number of aromatic nitrogens is 2. The van der Waals surface area contributed by atoms with Gasteiger partial charge in [-0.25, -0.2) is 4.98 Å². The van der Waals surface area contributed by atoms with Crippen molar-refractivity contribution in [3.05, 3.63) is 90.3 Å². The van der Waals surface area contributed by atoms with E-state index in [0.29, 0.717) is 24.5 Å². The summed E-state index contributed by atoms with van der Waals surface area (Å²) in [6.45, 7) is 0.812. The third kappa shape index (κ3) is 4.52. The van der Waals surface area contributed by atoms with Gasteiger partial charge in [0.2, 0.25) is 0 Å². The van der Waals surface area contributed by atoms with Crippen molar-refractivity contribution in [3.63, 3.8) is 0 Å². The van der Waals surface area contributed by atoms with Crippen LogP contribution < -0.4 is 10.1 Å². The number of rotatable bonds is 8. The Hall–Kier alpha value is -3.58. The zero-order valence-electron chi connectivity index (χ0n) is 17.0. The molecule has 154 valence electrons. The van der Waals surface area contributed by atoms with E-state index < -0.39 is 0 Å². The molecule has 0 fully saturated rings. The zero-order chi connectivity index (χ0) is 20.9. The second kappa shape index (κ2) is 8.84. The van der Waals surface area contributed by atoms with Gasteiger partial charge >= 0.3 is 0 Å². The van der Waals surface area contributed by atoms with Crippen LogP contribution in [0.4, 0.5) is 0 Å². The average molecular weight is 404 g/mol. The van der Waals surface area contributed by atoms with Crippen molar-refractivity contribution in [3.8, 4) is 5.75 Å². The maximum Gasteiger partial charge on any atom is 0.251 e. The molecule has 7 heteroatoms. The molecule has 1 amide bonds. The van der Waals surface area contributed by atoms with Crippen molar-refractivity contribution in [2.45, 2.75) is 12.6 Å². The molecular formula is C23H24N4O3. The molecule has 3 heterocycles. The quantitative estimate of drug-likeness (QED) is 0.486. The van der Waals surface area contributed by atoms with Crippen molar-refractivity contribution in [1.29, 1.82) is 0 Å². The summed E-state index contributed by atoms with van der Waals surface area (Å²) in [6.07, 6.45) is 5.53. The number of nitrogens with zero attached hydrogens (tertiary/aromatic N) is 3. The van der Waals surface area contributed by atoms with Crippen molar-refractivity contribution in [2.24, 2.45) is 0 Å². The summed E-state index contributed by atoms with van der Waals surface area (Å²) in [6, 6.07) is 16.7. The molecule has 0 saturated heterocycles. The zero-order valence-corrected chi connectivity index (χ0v) is 17.0. The van der Waals surface area contributed by atoms with Crippen LogP contribution in [0.1, 0.15) is 27.9 Å². The number of nitrogens with one attached hydrogen (secondary N) is 1. The van der Waals surface area contributed by atoms with E-state index in [4.69, 9.17) is 9.15 Å². The lowest BCUT2D eigenvalue weighted by Crippen LogP contribution is -2.34. The third-order valence-electron chi connectivity index (χ3n) is 4.87. The van der Waals surface area contributed by atoms with Gasteiger partial charge < -0.3 is 18.9 Å². The monoisotopic (exact) mass is 404 g/mol. The molecule has 4 aromatic rings. The van der Waals surface area contributed by atoms with Gasteiger partial charge in [0.25, 0.3) is 5.91 Å². The first-order valence-corrected chi connectivity index (χ1v) is 9.73. The first kappa shape index (κ1) is 19.7. The first-order chi connectivity index (χ1) is 14.6. The lowest BCUT2D eigenvalue weighted by atomic mass is 10.1. The molecule has 0 aliphatic carbocycles. The SMILES string of the molecule is CN(C)[C@@H](CNC(=O)c1ccc(OCc2cn3ccccc3n2)cc1)c1ccco1. The highest BCUT2D eigenvalue weighted by Gasteiger charge is 2.18. The minimum Gasteiger partial charge on any atom is -0.487 e. The molecule has 1 atom stereocenters. The number of furan rings is 1. The Morgan fingerprint density at radius 1 is 1.17 bits per heavy atom. The number of ether oxygens (including phenoxy) is 1. The summed E-state index contributed by atoms with van der Waals surface area (Å²) in [5.41, 5.74) is 2.30. The van der Waals surface area contributed by atoms with Crippen molar-refractivity contribution >= 4 is 11.6 Å². The number of hydrogen-bond acceptors (Lipinski definition) is 5. The van der Waals surface area contributed by atoms with Gasteiger partial charge in [-0.2, -0.15) is 0 Å². The lowest BCUT2D eigenvalue weighted by Gasteiger charge is -2.22. The van der Waals surface area contributed by atoms with Crippen LogP contribution >= 0.6 is 0 Å². The van der Waals surface area contributed by atoms with E-state index in [9.17, 15) is 4.79 Å². The van der Waals surface area contributed by atoms with E-state index in [1.807, 2.05) is 66.1 Å². The fourth-order valence-corrected chi connectivity index (χ4v) is 3.23. The van der Waals surface area contributed by atoms with E-state index in [2.05, 4.69) is 10.3 Å². The van der Waals surface area contributed by atoms with Crippen LogP contribution in [-0.2, 0) is 6.61 Å². The highest BCUT2D eigenvalue weighted by atomic mass is 16.5. The van der Waals surface area contributed by atoms with E-state index in [0.717, 1.165) is 17.1 Å². The fraction of sp³-hybridized carbons (Fsp3) is 0.217. The molecule has 0 unspecified atom stereocenters. The number of likely N-dealkylation sites (N-methyl/N-ethyl adjacent to an activating group) is 1. The molecule has 0 spiro atoms. The molecular weight excluding hydrogens is 380 g/mol. The van der Waals surface area contributed by atoms with Gasteiger partial charge in [0, 0.05) is 24.5 Å². The predicted octanol–water partition coefficient (Wildman–Crippen LogP) is 3.54. The number of benzene rings is 1. The van der Waals surface area contributed by atoms with Gasteiger partial charge in [0.15, 0.2) is 0 Å². The minimum absolute atomic E-state index is 0.0306. The molecule has 4 rings (SSSR count). The largest absolute Gasteiger partial charge is 0.487 e. The Morgan fingerprint density at radius 3 is 2.70 bits per heavy atom. The maximum absolute atomic E-state index is 12.5. The molecule has 0 bridgehead atoms. The Morgan fingerprint density at radius 2 is 2.00 bits per heavy atom. The third-order valence-corrected chi connectivity index (χ3v) is 4.87. The molecule has 30 heavy (non-hydrogen) atoms. The number of fused-ring (bicyclic) bond motifs is 1. The summed E-state index contributed by atoms with van der Waals surface area (Å²) >= 11 is 0. The number of amides is 1. The van der Waals surface area contributed by atoms with Crippen LogP contribution in [-0.4, -0.2) is 40.8 Å². The summed E-state index contributed by atoms with van der Waals surface area (Å²) in [5, 5.41) is 2.97. The van der Waals surface area contributed by atoms with Gasteiger partial charge in [-0.15, -0.1) is 0 Å². The van der Waals surface area contributed by atoms with Crippen molar-refractivity contribution < 1.29 is 13.9 Å². The van der Waals surface area contributed by atoms with Crippen molar-refractivity contribution in [2.75, 3.05) is 20.6 Å². The standard InChI is InChI=1S/C23H24N4O3/c1-26(2)20(21-6-5-13-29-21)14-24-23(28)17-8-10-19(11-9-17)30-16-18-15-27-12-4-3-7-22(27)25-18/h3-13,15,20H,14,16H2,1-2H3,(H,24,28)/t20-/m0/s1. The van der Waals surface area contributed by atoms with Crippen LogP contribution in [0, 0.1) is 0 Å². The Kier molecular flexibility index (Phi) is 5.81. The van der Waals surface area contributed by atoms with Crippen LogP contribution in [0.3, 0.4) is 0 Å². The fourth-order valence-electron chi connectivity index (χ4n) is 3.23. The number of pyridine rings is 1. The molecule has 0 radical (unpaired) electrons. The highest BCUT2D eigenvalue weighted by molar-refractivity contribution is 5.94. The summed E-state index contributed by atoms with van der Waals surface area (Å²) in [4.78, 5) is 19.0. The van der Waals surface area contributed by atoms with Gasteiger partial charge in [-0.1, -0.05) is 6.07 Å². The van der Waals surface area contributed by atoms with E-state index >= 15 is 0 Å². The number of carbonyl (C=O) groups is 1. The Bertz CT molecular complexity index is 1070. The normalized spacial score (nSPS) is 12.2. The average Bonchev–Trinajstić information content (AvgIpc) is 3.42. The first-order valence-electron chi connectivity index (χ1n) is 9.73. The summed E-state index contributed by atoms with van der Waals surface area (Å²) < 4.78 is 13.2. The molecule has 7 nitrogen and oxygen atoms in total. The predicted molar refractivity (Wildman–Crippen MR) is 113 cm³/mol. The maximum atomic E-state index is 12.5. The van der Waals surface area contributed by atoms with Crippen LogP contribution in [0.2, 0.25) is 0 Å². The van der Waals surface area contributed by atoms with Gasteiger partial charge in [-0.05, 0) is 62.6 Å². The van der Waals surface area contributed by atoms with E-state index in [1.54, 1.807) is 30.5 Å². The Labute approximate surface area is 174 Å². The van der Waals surface area contributed by atoms with Crippen LogP contribution in [0.5, 0.6) is 5.75 Å². The molecule has 1 N–H and O–H groups in total. The van der Waals surface area contributed by atoms with Gasteiger partial charge in [-0.3, -0.25) is 9.69 Å². The number of hydrogen-bond donors (Lipinski definition) is 1. The second-order valence-electron chi connectivity index (χ2n) is 7.22. The van der Waals surface area contributed by atoms with Crippen LogP contribution in [0.15, 0.2) is 77.7 Å². The molecule has 0 saturated carbocycles. The minimum atomic E-state index is -0.139. The molecule has 0 aliphatic rings. The highest BCUT2D eigenvalue weighted by Crippen LogP contribution is 2.18. The second-order valence-corrected chi connectivity index (χ2v) is 7.22. The number of carbonyl (C=O) groups excluding carboxylic acids is 1. The topological polar surface area (TPSA) is 72.0 Å². The molecule has 0 aliphatic heterocycles. The lowest BCUT2D eigenvalue weighted by molar-refractivity contribution is 0.0939. The van der Waals surface area contributed by atoms with Gasteiger partial charge in [0.1, 0.15) is 23.8 Å². The van der Waals surface area contributed by atoms with Crippen LogP contribution in [0.25, 0.3) is 5.65 Å². The van der Waals surface area contributed by atoms with Gasteiger partial charge in [0.05, 0.1) is 18.0 Å². The molecule has 1 aromatic carbocycles. The van der Waals surface area contributed by atoms with E-state index in [1.165, 1.54) is 0 Å². The summed E-state index contributed by atoms with van der Waals surface area (Å²) in [7, 11) is 3.91. The smallest absolute Gasteiger partial charge is 0.251 e. The Balaban J connectivity index is 1.32. The molecule has 3 aromatic heterocycles.